The second-order valence-corrected chi connectivity index (χ2v) is 5.08. The van der Waals surface area contributed by atoms with Crippen LogP contribution in [0.4, 0.5) is 0 Å². The fourth-order valence-corrected chi connectivity index (χ4v) is 2.52. The van der Waals surface area contributed by atoms with Crippen molar-refractivity contribution in [3.8, 4) is 0 Å². The van der Waals surface area contributed by atoms with Gasteiger partial charge in [-0.1, -0.05) is 50.2 Å². The summed E-state index contributed by atoms with van der Waals surface area (Å²) in [5.74, 6) is 0.422. The Labute approximate surface area is 111 Å². The minimum absolute atomic E-state index is 0.422. The fourth-order valence-electron chi connectivity index (χ4n) is 2.52. The first-order valence-corrected chi connectivity index (χ1v) is 6.66. The third-order valence-corrected chi connectivity index (χ3v) is 3.60. The Morgan fingerprint density at radius 3 is 2.89 bits per heavy atom. The molecule has 0 spiro atoms. The molecule has 1 radical (unpaired) electrons. The third-order valence-electron chi connectivity index (χ3n) is 3.60. The number of fused-ring (bicyclic) bond motifs is 1. The van der Waals surface area contributed by atoms with Gasteiger partial charge < -0.3 is 5.32 Å². The molecule has 1 aromatic carbocycles. The van der Waals surface area contributed by atoms with Crippen molar-refractivity contribution in [2.24, 2.45) is 0 Å². The van der Waals surface area contributed by atoms with Crippen LogP contribution in [0.25, 0.3) is 5.57 Å². The number of rotatable bonds is 4. The maximum atomic E-state index is 4.07. The van der Waals surface area contributed by atoms with Gasteiger partial charge in [-0.3, -0.25) is 0 Å². The number of benzene rings is 1. The van der Waals surface area contributed by atoms with E-state index < -0.39 is 0 Å². The Balaban J connectivity index is 2.18. The van der Waals surface area contributed by atoms with Crippen molar-refractivity contribution in [3.05, 3.63) is 53.7 Å². The molecule has 0 saturated heterocycles. The van der Waals surface area contributed by atoms with Gasteiger partial charge in [0.2, 0.25) is 0 Å². The highest BCUT2D eigenvalue weighted by molar-refractivity contribution is 6.38. The molecule has 1 aliphatic rings. The van der Waals surface area contributed by atoms with Crippen molar-refractivity contribution >= 4 is 12.9 Å². The van der Waals surface area contributed by atoms with Gasteiger partial charge in [0, 0.05) is 5.70 Å². The highest BCUT2D eigenvalue weighted by Gasteiger charge is 2.21. The first kappa shape index (κ1) is 13.0. The lowest BCUT2D eigenvalue weighted by Gasteiger charge is -2.28. The predicted octanol–water partition coefficient (Wildman–Crippen LogP) is 3.32. The van der Waals surface area contributed by atoms with Crippen LogP contribution < -0.4 is 5.32 Å². The molecule has 93 valence electrons. The molecule has 1 aliphatic heterocycles. The summed E-state index contributed by atoms with van der Waals surface area (Å²) in [6, 6.07) is 6.55. The Morgan fingerprint density at radius 2 is 2.22 bits per heavy atom. The monoisotopic (exact) mass is 238 g/mol. The van der Waals surface area contributed by atoms with E-state index in [1.54, 1.807) is 0 Å². The lowest BCUT2D eigenvalue weighted by Crippen LogP contribution is -2.40. The minimum Gasteiger partial charge on any atom is -0.394 e. The first-order valence-electron chi connectivity index (χ1n) is 6.66. The van der Waals surface area contributed by atoms with Crippen LogP contribution in [-0.4, -0.2) is 13.2 Å². The van der Waals surface area contributed by atoms with E-state index in [9.17, 15) is 0 Å². The van der Waals surface area contributed by atoms with Crippen molar-refractivity contribution in [3.63, 3.8) is 0 Å². The number of allylic oxidation sites excluding steroid dienone is 2. The summed E-state index contributed by atoms with van der Waals surface area (Å²) in [6.07, 6.45) is 3.06. The quantitative estimate of drug-likeness (QED) is 0.793. The van der Waals surface area contributed by atoms with Gasteiger partial charge in [-0.25, -0.2) is 0 Å². The van der Waals surface area contributed by atoms with Crippen LogP contribution in [0.2, 0.25) is 0 Å². The highest BCUT2D eigenvalue weighted by Crippen LogP contribution is 2.25. The summed E-state index contributed by atoms with van der Waals surface area (Å²) in [6.45, 7) is 12.3. The molecule has 0 saturated carbocycles. The van der Waals surface area contributed by atoms with Gasteiger partial charge in [0.25, 0.3) is 0 Å². The van der Waals surface area contributed by atoms with E-state index in [0.29, 0.717) is 5.94 Å². The molecule has 0 aromatic heterocycles. The van der Waals surface area contributed by atoms with Crippen molar-refractivity contribution in [1.82, 2.24) is 5.32 Å². The molecule has 18 heavy (non-hydrogen) atoms. The molecular formula is C16H21BN. The normalized spacial score (nSPS) is 17.6. The predicted molar refractivity (Wildman–Crippen MR) is 80.7 cm³/mol. The van der Waals surface area contributed by atoms with E-state index >= 15 is 0 Å². The standard InChI is InChI=1S/C16H21BN/c1-5-12(4)18-16-9-13-7-6-8-14(11(2)3)15(13)10-17-16/h6-8,16,18H,2,4-5,9-10H2,1,3H3. The van der Waals surface area contributed by atoms with Gasteiger partial charge in [-0.05, 0) is 42.4 Å². The van der Waals surface area contributed by atoms with Crippen LogP contribution in [0.15, 0.2) is 37.1 Å². The fraction of sp³-hybridized carbons (Fsp3) is 0.375. The number of hydrogen-bond donors (Lipinski definition) is 1. The third kappa shape index (κ3) is 2.69. The van der Waals surface area contributed by atoms with Gasteiger partial charge in [0.05, 0.1) is 0 Å². The SMILES string of the molecule is C=C(CC)NC1[B]Cc2c(cccc2C(=C)C)C1. The van der Waals surface area contributed by atoms with Crippen LogP contribution in [0.3, 0.4) is 0 Å². The second kappa shape index (κ2) is 5.47. The maximum Gasteiger partial charge on any atom is 0.146 e. The Hall–Kier alpha value is -1.44. The largest absolute Gasteiger partial charge is 0.394 e. The van der Waals surface area contributed by atoms with Gasteiger partial charge in [0.1, 0.15) is 7.28 Å². The molecule has 1 N–H and O–H groups in total. The maximum absolute atomic E-state index is 4.07. The van der Waals surface area contributed by atoms with Crippen LogP contribution >= 0.6 is 0 Å². The van der Waals surface area contributed by atoms with E-state index in [0.717, 1.165) is 30.4 Å². The summed E-state index contributed by atoms with van der Waals surface area (Å²) >= 11 is 0. The Kier molecular flexibility index (Phi) is 3.95. The summed E-state index contributed by atoms with van der Waals surface area (Å²) in [5, 5.41) is 3.49. The molecular weight excluding hydrogens is 217 g/mol. The van der Waals surface area contributed by atoms with Crippen molar-refractivity contribution < 1.29 is 0 Å². The second-order valence-electron chi connectivity index (χ2n) is 5.08. The molecule has 0 bridgehead atoms. The molecule has 0 amide bonds. The zero-order chi connectivity index (χ0) is 13.1. The number of nitrogens with one attached hydrogen (secondary N) is 1. The van der Waals surface area contributed by atoms with E-state index in [-0.39, 0.29) is 0 Å². The Morgan fingerprint density at radius 1 is 1.44 bits per heavy atom. The van der Waals surface area contributed by atoms with Gasteiger partial charge in [-0.15, -0.1) is 0 Å². The lowest BCUT2D eigenvalue weighted by molar-refractivity contribution is 0.682. The summed E-state index contributed by atoms with van der Waals surface area (Å²) in [7, 11) is 2.36. The minimum atomic E-state index is 0.422. The topological polar surface area (TPSA) is 12.0 Å². The van der Waals surface area contributed by atoms with Crippen molar-refractivity contribution in [1.29, 1.82) is 0 Å². The van der Waals surface area contributed by atoms with Crippen LogP contribution in [0.1, 0.15) is 37.0 Å². The summed E-state index contributed by atoms with van der Waals surface area (Å²) in [4.78, 5) is 0. The summed E-state index contributed by atoms with van der Waals surface area (Å²) < 4.78 is 0. The average Bonchev–Trinajstić information content (AvgIpc) is 2.37. The van der Waals surface area contributed by atoms with Crippen LogP contribution in [-0.2, 0) is 12.7 Å². The molecule has 2 rings (SSSR count). The zero-order valence-electron chi connectivity index (χ0n) is 11.4. The van der Waals surface area contributed by atoms with Gasteiger partial charge in [-0.2, -0.15) is 0 Å². The first-order chi connectivity index (χ1) is 8.61. The molecule has 1 atom stereocenters. The van der Waals surface area contributed by atoms with E-state index in [2.05, 4.69) is 57.8 Å². The molecule has 2 heteroatoms. The number of hydrogen-bond acceptors (Lipinski definition) is 1. The smallest absolute Gasteiger partial charge is 0.146 e. The molecule has 1 unspecified atom stereocenters. The van der Waals surface area contributed by atoms with Crippen LogP contribution in [0, 0.1) is 0 Å². The Bertz CT molecular complexity index is 476. The van der Waals surface area contributed by atoms with E-state index in [1.807, 2.05) is 0 Å². The van der Waals surface area contributed by atoms with Crippen molar-refractivity contribution in [2.45, 2.75) is 39.0 Å². The molecule has 1 aromatic rings. The zero-order valence-corrected chi connectivity index (χ0v) is 11.4. The highest BCUT2D eigenvalue weighted by atomic mass is 14.9. The van der Waals surface area contributed by atoms with Gasteiger partial charge in [0.15, 0.2) is 0 Å². The summed E-state index contributed by atoms with van der Waals surface area (Å²) in [5.41, 5.74) is 6.49. The molecule has 1 heterocycles. The molecule has 1 nitrogen and oxygen atoms in total. The molecule has 0 aliphatic carbocycles. The van der Waals surface area contributed by atoms with E-state index in [1.165, 1.54) is 16.7 Å². The lowest BCUT2D eigenvalue weighted by atomic mass is 9.57. The van der Waals surface area contributed by atoms with E-state index in [4.69, 9.17) is 0 Å². The molecule has 0 fully saturated rings. The van der Waals surface area contributed by atoms with Crippen molar-refractivity contribution in [2.75, 3.05) is 0 Å². The van der Waals surface area contributed by atoms with Crippen LogP contribution in [0.5, 0.6) is 0 Å². The van der Waals surface area contributed by atoms with Gasteiger partial charge >= 0.3 is 0 Å². The average molecular weight is 238 g/mol.